The third kappa shape index (κ3) is 7.63. The van der Waals surface area contributed by atoms with Gasteiger partial charge in [0.1, 0.15) is 18.7 Å². The molecule has 0 atom stereocenters. The topological polar surface area (TPSA) is 149 Å². The van der Waals surface area contributed by atoms with Crippen LogP contribution in [0.4, 0.5) is 11.6 Å². The van der Waals surface area contributed by atoms with Crippen LogP contribution in [0.1, 0.15) is 27.0 Å². The zero-order chi connectivity index (χ0) is 35.5. The van der Waals surface area contributed by atoms with Crippen LogP contribution in [0.2, 0.25) is 0 Å². The molecule has 0 spiro atoms. The summed E-state index contributed by atoms with van der Waals surface area (Å²) in [6.45, 7) is 1.22. The molecule has 52 heavy (non-hydrogen) atoms. The molecule has 6 heterocycles. The predicted molar refractivity (Wildman–Crippen MR) is 200 cm³/mol. The van der Waals surface area contributed by atoms with Crippen molar-refractivity contribution in [1.82, 2.24) is 39.2 Å². The van der Waals surface area contributed by atoms with Crippen LogP contribution in [0.5, 0.6) is 0 Å². The number of aromatic nitrogens is 8. The van der Waals surface area contributed by atoms with Crippen LogP contribution >= 0.6 is 0 Å². The van der Waals surface area contributed by atoms with Crippen molar-refractivity contribution in [1.29, 1.82) is 0 Å². The Hall–Kier alpha value is -7.28. The molecule has 0 unspecified atom stereocenters. The molecule has 256 valence electrons. The number of fused-ring (bicyclic) bond motifs is 2. The maximum absolute atomic E-state index is 11.3. The molecule has 0 bridgehead atoms. The van der Waals surface area contributed by atoms with E-state index < -0.39 is 0 Å². The lowest BCUT2D eigenvalue weighted by atomic mass is 10.1. The number of oxime groups is 1. The minimum atomic E-state index is 0.460. The second kappa shape index (κ2) is 16.0. The van der Waals surface area contributed by atoms with Crippen LogP contribution in [-0.4, -0.2) is 58.8 Å². The lowest BCUT2D eigenvalue weighted by Crippen LogP contribution is -2.07. The first-order chi connectivity index (χ1) is 25.7. The number of nitrogens with one attached hydrogen (secondary N) is 2. The van der Waals surface area contributed by atoms with Gasteiger partial charge in [-0.2, -0.15) is 19.2 Å². The van der Waals surface area contributed by atoms with Crippen LogP contribution in [0.25, 0.3) is 33.8 Å². The molecule has 0 fully saturated rings. The third-order valence-corrected chi connectivity index (χ3v) is 7.95. The summed E-state index contributed by atoms with van der Waals surface area (Å²) >= 11 is 0. The molecule has 0 aliphatic heterocycles. The van der Waals surface area contributed by atoms with E-state index in [9.17, 15) is 4.79 Å². The van der Waals surface area contributed by atoms with E-state index in [-0.39, 0.29) is 0 Å². The molecule has 2 aromatic carbocycles. The first kappa shape index (κ1) is 33.2. The highest BCUT2D eigenvalue weighted by Crippen LogP contribution is 2.25. The molecule has 13 heteroatoms. The third-order valence-electron chi connectivity index (χ3n) is 7.95. The van der Waals surface area contributed by atoms with Gasteiger partial charge < -0.3 is 15.5 Å². The average molecular weight is 688 g/mol. The van der Waals surface area contributed by atoms with Crippen molar-refractivity contribution in [2.24, 2.45) is 5.16 Å². The van der Waals surface area contributed by atoms with Gasteiger partial charge in [0.15, 0.2) is 17.6 Å². The molecule has 13 nitrogen and oxygen atoms in total. The van der Waals surface area contributed by atoms with E-state index in [1.165, 1.54) is 13.3 Å². The molecular weight excluding hydrogens is 655 g/mol. The van der Waals surface area contributed by atoms with Gasteiger partial charge >= 0.3 is 0 Å². The van der Waals surface area contributed by atoms with Gasteiger partial charge in [-0.3, -0.25) is 14.8 Å². The molecule has 0 radical (unpaired) electrons. The number of hydrogen-bond donors (Lipinski definition) is 2. The Labute approximate surface area is 298 Å². The van der Waals surface area contributed by atoms with E-state index in [2.05, 4.69) is 40.9 Å². The number of pyridine rings is 2. The largest absolute Gasteiger partial charge is 0.399 e. The molecule has 0 saturated heterocycles. The van der Waals surface area contributed by atoms with E-state index in [0.717, 1.165) is 57.1 Å². The number of aldehydes is 1. The highest BCUT2D eigenvalue weighted by atomic mass is 16.6. The number of nitrogens with zero attached hydrogens (tertiary/aromatic N) is 9. The summed E-state index contributed by atoms with van der Waals surface area (Å²) in [4.78, 5) is 33.8. The van der Waals surface area contributed by atoms with Crippen molar-refractivity contribution < 1.29 is 9.63 Å². The van der Waals surface area contributed by atoms with E-state index in [1.807, 2.05) is 109 Å². The second-order valence-corrected chi connectivity index (χ2v) is 11.4. The van der Waals surface area contributed by atoms with Gasteiger partial charge in [-0.15, -0.1) is 0 Å². The number of hydrogen-bond acceptors (Lipinski definition) is 11. The first-order valence-electron chi connectivity index (χ1n) is 16.4. The first-order valence-corrected chi connectivity index (χ1v) is 16.4. The predicted octanol–water partition coefficient (Wildman–Crippen LogP) is 6.60. The van der Waals surface area contributed by atoms with Crippen molar-refractivity contribution in [2.45, 2.75) is 13.1 Å². The maximum atomic E-state index is 11.3. The summed E-state index contributed by atoms with van der Waals surface area (Å²) in [6.07, 6.45) is 12.8. The summed E-state index contributed by atoms with van der Waals surface area (Å²) in [5, 5.41) is 19.4. The van der Waals surface area contributed by atoms with Crippen LogP contribution in [-0.2, 0) is 17.9 Å². The molecular formula is C39H33N11O2. The Bertz CT molecular complexity index is 2420. The average Bonchev–Trinajstić information content (AvgIpc) is 3.84. The minimum absolute atomic E-state index is 0.460. The van der Waals surface area contributed by atoms with Crippen molar-refractivity contribution in [3.8, 4) is 22.5 Å². The zero-order valence-electron chi connectivity index (χ0n) is 28.1. The van der Waals surface area contributed by atoms with E-state index in [1.54, 1.807) is 33.8 Å². The molecule has 0 saturated carbocycles. The van der Waals surface area contributed by atoms with Gasteiger partial charge in [0.25, 0.3) is 0 Å². The normalized spacial score (nSPS) is 10.9. The molecule has 6 aromatic heterocycles. The minimum Gasteiger partial charge on any atom is -0.399 e. The van der Waals surface area contributed by atoms with Gasteiger partial charge in [-0.1, -0.05) is 78.0 Å². The van der Waals surface area contributed by atoms with Crippen LogP contribution in [0, 0.1) is 0 Å². The molecule has 0 aliphatic carbocycles. The molecule has 2 N–H and O–H groups in total. The lowest BCUT2D eigenvalue weighted by molar-refractivity contribution is 0.112. The van der Waals surface area contributed by atoms with Crippen molar-refractivity contribution in [2.75, 3.05) is 17.7 Å². The number of benzene rings is 2. The van der Waals surface area contributed by atoms with Crippen LogP contribution in [0.15, 0.2) is 139 Å². The summed E-state index contributed by atoms with van der Waals surface area (Å²) in [5.41, 5.74) is 8.24. The van der Waals surface area contributed by atoms with Gasteiger partial charge in [0.2, 0.25) is 0 Å². The molecule has 8 aromatic rings. The number of anilines is 2. The smallest absolute Gasteiger partial charge is 0.168 e. The van der Waals surface area contributed by atoms with Crippen LogP contribution in [0.3, 0.4) is 0 Å². The lowest BCUT2D eigenvalue weighted by Gasteiger charge is -2.11. The highest BCUT2D eigenvalue weighted by Gasteiger charge is 2.14. The highest BCUT2D eigenvalue weighted by molar-refractivity contribution is 5.88. The fourth-order valence-corrected chi connectivity index (χ4v) is 5.40. The van der Waals surface area contributed by atoms with E-state index in [0.29, 0.717) is 29.9 Å². The fourth-order valence-electron chi connectivity index (χ4n) is 5.40. The standard InChI is InChI=1S/C20H18N6O.C19H15N5O/c1-27-24-14-17-13-23-26-19(22-12-15-6-5-9-21-11-15)10-18(25-20(17)26)16-7-3-2-4-8-16;25-13-16-12-22-24-18(21-11-14-5-4-8-20-10-14)9-17(23-19(16)24)15-6-2-1-3-7-15/h2-11,13-14,22H,12H2,1H3;1-10,12-13,21H,11H2. The van der Waals surface area contributed by atoms with Crippen molar-refractivity contribution in [3.63, 3.8) is 0 Å². The molecule has 8 rings (SSSR count). The fraction of sp³-hybridized carbons (Fsp3) is 0.0769. The number of carbonyl (C=O) groups is 1. The summed E-state index contributed by atoms with van der Waals surface area (Å²) in [7, 11) is 1.51. The quantitative estimate of drug-likeness (QED) is 0.0866. The number of carbonyl (C=O) groups excluding carboxylic acids is 1. The van der Waals surface area contributed by atoms with Crippen molar-refractivity contribution in [3.05, 3.63) is 156 Å². The Morgan fingerprint density at radius 2 is 1.15 bits per heavy atom. The monoisotopic (exact) mass is 687 g/mol. The molecule has 0 amide bonds. The number of rotatable bonds is 11. The zero-order valence-corrected chi connectivity index (χ0v) is 28.1. The van der Waals surface area contributed by atoms with E-state index in [4.69, 9.17) is 9.82 Å². The summed E-state index contributed by atoms with van der Waals surface area (Å²) in [5.74, 6) is 1.60. The van der Waals surface area contributed by atoms with Gasteiger partial charge in [-0.05, 0) is 23.3 Å². The maximum Gasteiger partial charge on any atom is 0.168 e. The Morgan fingerprint density at radius 1 is 0.654 bits per heavy atom. The second-order valence-electron chi connectivity index (χ2n) is 11.4. The van der Waals surface area contributed by atoms with Crippen molar-refractivity contribution >= 4 is 35.4 Å². The van der Waals surface area contributed by atoms with Crippen LogP contribution < -0.4 is 10.6 Å². The SMILES string of the molecule is CON=Cc1cnn2c(NCc3cccnc3)cc(-c3ccccc3)nc12.O=Cc1cnn2c(NCc3cccnc3)cc(-c3ccccc3)nc12. The van der Waals surface area contributed by atoms with Gasteiger partial charge in [-0.25, -0.2) is 9.97 Å². The molecule has 0 aliphatic rings. The van der Waals surface area contributed by atoms with E-state index >= 15 is 0 Å². The summed E-state index contributed by atoms with van der Waals surface area (Å²) in [6, 6.07) is 31.6. The Balaban J connectivity index is 0.000000162. The summed E-state index contributed by atoms with van der Waals surface area (Å²) < 4.78 is 3.41. The Morgan fingerprint density at radius 3 is 1.62 bits per heavy atom. The van der Waals surface area contributed by atoms with Gasteiger partial charge in [0, 0.05) is 61.1 Å². The Kier molecular flexibility index (Phi) is 10.2. The van der Waals surface area contributed by atoms with Gasteiger partial charge in [0.05, 0.1) is 41.1 Å².